The summed E-state index contributed by atoms with van der Waals surface area (Å²) >= 11 is 0. The minimum absolute atomic E-state index is 0.532. The van der Waals surface area contributed by atoms with Gasteiger partial charge in [0, 0.05) is 6.54 Å². The summed E-state index contributed by atoms with van der Waals surface area (Å²) in [4.78, 5) is 2.58. The number of hydrogen-bond acceptors (Lipinski definition) is 2. The summed E-state index contributed by atoms with van der Waals surface area (Å²) in [5, 5.41) is 11.9. The smallest absolute Gasteiger partial charge is 0.0942 e. The molecule has 124 valence electrons. The molecule has 1 aromatic carbocycles. The Morgan fingerprint density at radius 1 is 1.00 bits per heavy atom. The van der Waals surface area contributed by atoms with Gasteiger partial charge in [-0.3, -0.25) is 0 Å². The molecule has 6 rings (SSSR count). The van der Waals surface area contributed by atoms with Gasteiger partial charge in [0.25, 0.3) is 0 Å². The van der Waals surface area contributed by atoms with Gasteiger partial charge in [0.05, 0.1) is 5.60 Å². The van der Waals surface area contributed by atoms with Crippen LogP contribution in [0.2, 0.25) is 0 Å². The molecule has 1 aliphatic heterocycles. The number of likely N-dealkylation sites (tertiary alicyclic amines) is 1. The Balaban J connectivity index is 1.40. The van der Waals surface area contributed by atoms with Gasteiger partial charge in [-0.25, -0.2) is 0 Å². The molecule has 1 N–H and O–H groups in total. The molecule has 23 heavy (non-hydrogen) atoms. The molecule has 0 spiro atoms. The van der Waals surface area contributed by atoms with Crippen LogP contribution in [0.3, 0.4) is 0 Å². The predicted octanol–water partition coefficient (Wildman–Crippen LogP) is 3.65. The Labute approximate surface area is 139 Å². The minimum Gasteiger partial charge on any atom is -0.385 e. The molecule has 1 aromatic rings. The number of aliphatic hydroxyl groups is 1. The highest BCUT2D eigenvalue weighted by Gasteiger charge is 2.72. The van der Waals surface area contributed by atoms with Gasteiger partial charge in [-0.1, -0.05) is 36.8 Å². The molecule has 4 atom stereocenters. The first-order valence-electron chi connectivity index (χ1n) is 9.77. The second kappa shape index (κ2) is 5.32. The SMILES string of the molecule is OC(CCN1CCCCC1)(c1ccccc1)C1C2CC3C(C2)C31. The van der Waals surface area contributed by atoms with E-state index in [0.717, 1.165) is 36.6 Å². The quantitative estimate of drug-likeness (QED) is 0.897. The average molecular weight is 311 g/mol. The fourth-order valence-corrected chi connectivity index (χ4v) is 6.52. The molecule has 5 aliphatic rings. The summed E-state index contributed by atoms with van der Waals surface area (Å²) in [6, 6.07) is 10.6. The van der Waals surface area contributed by atoms with E-state index in [4.69, 9.17) is 0 Å². The number of piperidine rings is 1. The number of hydrogen-bond donors (Lipinski definition) is 1. The molecular weight excluding hydrogens is 282 g/mol. The van der Waals surface area contributed by atoms with Crippen molar-refractivity contribution in [2.75, 3.05) is 19.6 Å². The summed E-state index contributed by atoms with van der Waals surface area (Å²) in [5.74, 6) is 4.10. The van der Waals surface area contributed by atoms with Crippen molar-refractivity contribution in [3.63, 3.8) is 0 Å². The highest BCUT2D eigenvalue weighted by Crippen LogP contribution is 2.76. The Morgan fingerprint density at radius 3 is 2.30 bits per heavy atom. The molecule has 4 saturated carbocycles. The maximum absolute atomic E-state index is 11.9. The molecule has 5 fully saturated rings. The normalized spacial score (nSPS) is 41.0. The first kappa shape index (κ1) is 14.5. The first-order valence-corrected chi connectivity index (χ1v) is 9.77. The standard InChI is InChI=1S/C21H29NO/c23-21(16-7-3-1-4-8-16,9-12-22-10-5-2-6-11-22)20-15-13-17-18(14-15)19(17)20/h1,3-4,7-8,15,17-20,23H,2,5-6,9-14H2. The van der Waals surface area contributed by atoms with E-state index in [1.54, 1.807) is 0 Å². The Morgan fingerprint density at radius 2 is 1.70 bits per heavy atom. The van der Waals surface area contributed by atoms with Crippen molar-refractivity contribution in [3.05, 3.63) is 35.9 Å². The van der Waals surface area contributed by atoms with Crippen LogP contribution < -0.4 is 0 Å². The summed E-state index contributed by atoms with van der Waals surface area (Å²) in [6.07, 6.45) is 7.78. The van der Waals surface area contributed by atoms with Gasteiger partial charge in [0.1, 0.15) is 0 Å². The number of rotatable bonds is 5. The van der Waals surface area contributed by atoms with Crippen LogP contribution in [0.1, 0.15) is 44.1 Å². The van der Waals surface area contributed by atoms with Crippen LogP contribution in [-0.2, 0) is 5.60 Å². The van der Waals surface area contributed by atoms with E-state index in [2.05, 4.69) is 35.2 Å². The van der Waals surface area contributed by atoms with E-state index in [1.165, 1.54) is 50.8 Å². The van der Waals surface area contributed by atoms with Crippen LogP contribution in [0.5, 0.6) is 0 Å². The van der Waals surface area contributed by atoms with Crippen LogP contribution in [0.25, 0.3) is 0 Å². The fraction of sp³-hybridized carbons (Fsp3) is 0.714. The Hall–Kier alpha value is -0.860. The van der Waals surface area contributed by atoms with Crippen molar-refractivity contribution in [1.29, 1.82) is 0 Å². The van der Waals surface area contributed by atoms with Gasteiger partial charge in [-0.05, 0) is 80.3 Å². The van der Waals surface area contributed by atoms with E-state index in [0.29, 0.717) is 5.92 Å². The number of benzene rings is 1. The Kier molecular flexibility index (Phi) is 3.35. The average Bonchev–Trinajstić information content (AvgIpc) is 3.01. The van der Waals surface area contributed by atoms with Crippen molar-refractivity contribution in [2.45, 2.75) is 44.1 Å². The lowest BCUT2D eigenvalue weighted by atomic mass is 9.74. The molecule has 2 nitrogen and oxygen atoms in total. The van der Waals surface area contributed by atoms with Crippen LogP contribution in [0, 0.1) is 29.6 Å². The number of nitrogens with zero attached hydrogens (tertiary/aromatic N) is 1. The molecule has 1 heterocycles. The molecule has 0 amide bonds. The first-order chi connectivity index (χ1) is 11.3. The highest BCUT2D eigenvalue weighted by molar-refractivity contribution is 5.29. The van der Waals surface area contributed by atoms with Crippen LogP contribution in [-0.4, -0.2) is 29.6 Å². The summed E-state index contributed by atoms with van der Waals surface area (Å²) in [6.45, 7) is 3.53. The summed E-state index contributed by atoms with van der Waals surface area (Å²) < 4.78 is 0. The molecule has 4 aliphatic carbocycles. The van der Waals surface area contributed by atoms with Gasteiger partial charge in [-0.15, -0.1) is 0 Å². The van der Waals surface area contributed by atoms with E-state index in [9.17, 15) is 5.11 Å². The maximum atomic E-state index is 11.9. The van der Waals surface area contributed by atoms with Crippen molar-refractivity contribution >= 4 is 0 Å². The van der Waals surface area contributed by atoms with Gasteiger partial charge < -0.3 is 10.0 Å². The Bertz CT molecular complexity index is 552. The third-order valence-corrected chi connectivity index (χ3v) is 7.55. The molecule has 0 radical (unpaired) electrons. The molecule has 4 unspecified atom stereocenters. The zero-order valence-electron chi connectivity index (χ0n) is 14.0. The largest absolute Gasteiger partial charge is 0.385 e. The zero-order valence-corrected chi connectivity index (χ0v) is 14.0. The lowest BCUT2D eigenvalue weighted by Crippen LogP contribution is -2.42. The maximum Gasteiger partial charge on any atom is 0.0942 e. The van der Waals surface area contributed by atoms with E-state index < -0.39 is 5.60 Å². The van der Waals surface area contributed by atoms with E-state index in [1.807, 2.05) is 0 Å². The molecule has 0 aromatic heterocycles. The van der Waals surface area contributed by atoms with Crippen molar-refractivity contribution in [2.24, 2.45) is 29.6 Å². The summed E-state index contributed by atoms with van der Waals surface area (Å²) in [5.41, 5.74) is 0.592. The second-order valence-electron chi connectivity index (χ2n) is 8.60. The predicted molar refractivity (Wildman–Crippen MR) is 91.9 cm³/mol. The second-order valence-corrected chi connectivity index (χ2v) is 8.60. The van der Waals surface area contributed by atoms with Gasteiger partial charge in [-0.2, -0.15) is 0 Å². The lowest BCUT2D eigenvalue weighted by Gasteiger charge is -2.39. The van der Waals surface area contributed by atoms with Crippen LogP contribution in [0.4, 0.5) is 0 Å². The zero-order chi connectivity index (χ0) is 15.4. The highest BCUT2D eigenvalue weighted by atomic mass is 16.3. The third kappa shape index (κ3) is 2.21. The topological polar surface area (TPSA) is 23.5 Å². The molecule has 2 heteroatoms. The van der Waals surface area contributed by atoms with Crippen molar-refractivity contribution < 1.29 is 5.11 Å². The third-order valence-electron chi connectivity index (χ3n) is 7.55. The summed E-state index contributed by atoms with van der Waals surface area (Å²) in [7, 11) is 0. The monoisotopic (exact) mass is 311 g/mol. The minimum atomic E-state index is -0.589. The molecular formula is C21H29NO. The molecule has 1 saturated heterocycles. The van der Waals surface area contributed by atoms with E-state index in [-0.39, 0.29) is 0 Å². The van der Waals surface area contributed by atoms with Crippen molar-refractivity contribution in [1.82, 2.24) is 4.90 Å². The van der Waals surface area contributed by atoms with E-state index >= 15 is 0 Å². The van der Waals surface area contributed by atoms with Gasteiger partial charge >= 0.3 is 0 Å². The van der Waals surface area contributed by atoms with Crippen LogP contribution >= 0.6 is 0 Å². The van der Waals surface area contributed by atoms with Gasteiger partial charge in [0.2, 0.25) is 0 Å². The fourth-order valence-electron chi connectivity index (χ4n) is 6.52. The lowest BCUT2D eigenvalue weighted by molar-refractivity contribution is -0.0545. The van der Waals surface area contributed by atoms with Crippen molar-refractivity contribution in [3.8, 4) is 0 Å². The van der Waals surface area contributed by atoms with Gasteiger partial charge in [0.15, 0.2) is 0 Å². The molecule has 4 bridgehead atoms. The van der Waals surface area contributed by atoms with Crippen LogP contribution in [0.15, 0.2) is 30.3 Å².